The zero-order chi connectivity index (χ0) is 23.8. The van der Waals surface area contributed by atoms with Gasteiger partial charge in [0.15, 0.2) is 5.78 Å². The lowest BCUT2D eigenvalue weighted by atomic mass is 9.74. The Hall–Kier alpha value is -2.47. The standard InChI is InChI=1S/C27H32BrNO4/c1-3-14-27(15-13-19-9-6-5-7-10-19)17-23(30)25(26(32)33-27)22(4-2)20-11-8-12-21(16-20)29-24(31)18-28/h5-12,16,22,25H,3-4,13-15,17-18H2,1-2H3,(H,29,31)/t22-,25?,27-/m1/s1. The van der Waals surface area contributed by atoms with E-state index in [-0.39, 0.29) is 29.4 Å². The summed E-state index contributed by atoms with van der Waals surface area (Å²) in [5.41, 5.74) is 1.94. The van der Waals surface area contributed by atoms with E-state index in [0.29, 0.717) is 24.9 Å². The van der Waals surface area contributed by atoms with Gasteiger partial charge in [-0.1, -0.05) is 78.7 Å². The van der Waals surface area contributed by atoms with Crippen LogP contribution in [0.15, 0.2) is 54.6 Å². The minimum atomic E-state index is -0.821. The first kappa shape index (κ1) is 25.2. The van der Waals surface area contributed by atoms with Gasteiger partial charge in [-0.25, -0.2) is 0 Å². The van der Waals surface area contributed by atoms with Gasteiger partial charge in [-0.05, 0) is 48.9 Å². The summed E-state index contributed by atoms with van der Waals surface area (Å²) in [5.74, 6) is -1.74. The Morgan fingerprint density at radius 1 is 1.12 bits per heavy atom. The Balaban J connectivity index is 1.79. The first-order valence-electron chi connectivity index (χ1n) is 11.7. The third kappa shape index (κ3) is 6.32. The number of cyclic esters (lactones) is 1. The molecule has 0 aromatic heterocycles. The third-order valence-corrected chi connectivity index (χ3v) is 6.90. The number of hydrogen-bond donors (Lipinski definition) is 1. The molecule has 1 amide bonds. The van der Waals surface area contributed by atoms with Gasteiger partial charge in [0.1, 0.15) is 11.5 Å². The van der Waals surface area contributed by atoms with E-state index < -0.39 is 17.5 Å². The van der Waals surface area contributed by atoms with Gasteiger partial charge < -0.3 is 10.1 Å². The summed E-state index contributed by atoms with van der Waals surface area (Å²) in [5, 5.41) is 3.01. The quantitative estimate of drug-likeness (QED) is 0.247. The van der Waals surface area contributed by atoms with Crippen LogP contribution in [0, 0.1) is 5.92 Å². The molecule has 5 nitrogen and oxygen atoms in total. The highest BCUT2D eigenvalue weighted by Gasteiger charge is 2.48. The van der Waals surface area contributed by atoms with Crippen LogP contribution in [0.25, 0.3) is 0 Å². The number of nitrogens with one attached hydrogen (secondary N) is 1. The number of aryl methyl sites for hydroxylation is 1. The third-order valence-electron chi connectivity index (χ3n) is 6.39. The normalized spacial score (nSPS) is 21.4. The monoisotopic (exact) mass is 513 g/mol. The summed E-state index contributed by atoms with van der Waals surface area (Å²) in [6, 6.07) is 17.5. The van der Waals surface area contributed by atoms with E-state index in [2.05, 4.69) is 40.3 Å². The van der Waals surface area contributed by atoms with Gasteiger partial charge in [-0.3, -0.25) is 14.4 Å². The minimum Gasteiger partial charge on any atom is -0.458 e. The van der Waals surface area contributed by atoms with Crippen LogP contribution in [0.4, 0.5) is 5.69 Å². The number of anilines is 1. The molecule has 1 heterocycles. The van der Waals surface area contributed by atoms with Gasteiger partial charge in [0.2, 0.25) is 5.91 Å². The van der Waals surface area contributed by atoms with Crippen LogP contribution >= 0.6 is 15.9 Å². The largest absolute Gasteiger partial charge is 0.458 e. The van der Waals surface area contributed by atoms with Crippen LogP contribution in [-0.2, 0) is 25.5 Å². The van der Waals surface area contributed by atoms with E-state index in [1.807, 2.05) is 43.3 Å². The van der Waals surface area contributed by atoms with Crippen molar-refractivity contribution in [1.82, 2.24) is 0 Å². The van der Waals surface area contributed by atoms with Crippen molar-refractivity contribution in [2.45, 2.75) is 63.9 Å². The number of alkyl halides is 1. The van der Waals surface area contributed by atoms with E-state index >= 15 is 0 Å². The number of ketones is 1. The van der Waals surface area contributed by atoms with Gasteiger partial charge in [-0.2, -0.15) is 0 Å². The van der Waals surface area contributed by atoms with E-state index in [4.69, 9.17) is 4.74 Å². The van der Waals surface area contributed by atoms with Crippen LogP contribution in [0.5, 0.6) is 0 Å². The molecule has 0 spiro atoms. The van der Waals surface area contributed by atoms with Crippen LogP contribution in [0.3, 0.4) is 0 Å². The minimum absolute atomic E-state index is 0.0468. The van der Waals surface area contributed by atoms with Crippen LogP contribution < -0.4 is 5.32 Å². The van der Waals surface area contributed by atoms with Crippen molar-refractivity contribution in [2.24, 2.45) is 5.92 Å². The molecule has 176 valence electrons. The van der Waals surface area contributed by atoms with E-state index in [0.717, 1.165) is 18.4 Å². The number of Topliss-reactive ketones (excluding diaryl/α,β-unsaturated/α-hetero) is 1. The molecule has 0 bridgehead atoms. The Morgan fingerprint density at radius 2 is 1.88 bits per heavy atom. The fraction of sp³-hybridized carbons (Fsp3) is 0.444. The maximum Gasteiger partial charge on any atom is 0.317 e. The van der Waals surface area contributed by atoms with Crippen molar-refractivity contribution < 1.29 is 19.1 Å². The van der Waals surface area contributed by atoms with Gasteiger partial charge in [0, 0.05) is 18.0 Å². The van der Waals surface area contributed by atoms with Crippen LogP contribution in [0.1, 0.15) is 63.0 Å². The van der Waals surface area contributed by atoms with Crippen LogP contribution in [0.2, 0.25) is 0 Å². The second-order valence-corrected chi connectivity index (χ2v) is 9.34. The molecule has 1 aliphatic heterocycles. The second kappa shape index (κ2) is 11.6. The lowest BCUT2D eigenvalue weighted by Crippen LogP contribution is -2.49. The molecular weight excluding hydrogens is 482 g/mol. The van der Waals surface area contributed by atoms with Crippen molar-refractivity contribution >= 4 is 39.3 Å². The van der Waals surface area contributed by atoms with Crippen molar-refractivity contribution in [3.05, 3.63) is 65.7 Å². The number of ether oxygens (including phenoxy) is 1. The highest BCUT2D eigenvalue weighted by atomic mass is 79.9. The van der Waals surface area contributed by atoms with Crippen molar-refractivity contribution in [2.75, 3.05) is 10.6 Å². The predicted octanol–water partition coefficient (Wildman–Crippen LogP) is 5.82. The lowest BCUT2D eigenvalue weighted by Gasteiger charge is -2.40. The SMILES string of the molecule is CCC[C@@]1(CCc2ccccc2)CC(=O)C([C@H](CC)c2cccc(NC(=O)CBr)c2)C(=O)O1. The zero-order valence-electron chi connectivity index (χ0n) is 19.3. The van der Waals surface area contributed by atoms with E-state index in [1.165, 1.54) is 5.56 Å². The van der Waals surface area contributed by atoms with Gasteiger partial charge in [-0.15, -0.1) is 0 Å². The smallest absolute Gasteiger partial charge is 0.317 e. The van der Waals surface area contributed by atoms with Gasteiger partial charge in [0.25, 0.3) is 0 Å². The molecule has 0 saturated carbocycles. The number of benzene rings is 2. The molecule has 1 N–H and O–H groups in total. The Labute approximate surface area is 204 Å². The number of esters is 1. The Bertz CT molecular complexity index is 957. The summed E-state index contributed by atoms with van der Waals surface area (Å²) in [6.07, 6.45) is 3.78. The highest BCUT2D eigenvalue weighted by Crippen LogP contribution is 2.41. The van der Waals surface area contributed by atoms with E-state index in [9.17, 15) is 14.4 Å². The maximum absolute atomic E-state index is 13.4. The average molecular weight is 514 g/mol. The number of hydrogen-bond acceptors (Lipinski definition) is 4. The molecule has 1 aliphatic rings. The predicted molar refractivity (Wildman–Crippen MR) is 134 cm³/mol. The number of carbonyl (C=O) groups excluding carboxylic acids is 3. The molecule has 2 aromatic carbocycles. The fourth-order valence-electron chi connectivity index (χ4n) is 4.84. The molecule has 3 rings (SSSR count). The number of carbonyl (C=O) groups is 3. The summed E-state index contributed by atoms with van der Waals surface area (Å²) >= 11 is 3.14. The van der Waals surface area contributed by atoms with Gasteiger partial charge >= 0.3 is 5.97 Å². The molecule has 3 atom stereocenters. The molecule has 2 aromatic rings. The summed E-state index contributed by atoms with van der Waals surface area (Å²) in [7, 11) is 0. The fourth-order valence-corrected chi connectivity index (χ4v) is 4.98. The molecule has 6 heteroatoms. The summed E-state index contributed by atoms with van der Waals surface area (Å²) < 4.78 is 6.10. The Morgan fingerprint density at radius 3 is 2.52 bits per heavy atom. The summed E-state index contributed by atoms with van der Waals surface area (Å²) in [4.78, 5) is 38.4. The molecule has 1 fully saturated rings. The number of rotatable bonds is 10. The number of halogens is 1. The average Bonchev–Trinajstić information content (AvgIpc) is 2.81. The van der Waals surface area contributed by atoms with Crippen molar-refractivity contribution in [1.29, 1.82) is 0 Å². The second-order valence-electron chi connectivity index (χ2n) is 8.78. The zero-order valence-corrected chi connectivity index (χ0v) is 20.9. The first-order chi connectivity index (χ1) is 15.9. The van der Waals surface area contributed by atoms with Crippen molar-refractivity contribution in [3.8, 4) is 0 Å². The summed E-state index contributed by atoms with van der Waals surface area (Å²) in [6.45, 7) is 4.02. The molecular formula is C27H32BrNO4. The first-order valence-corrected chi connectivity index (χ1v) is 12.8. The molecule has 0 aliphatic carbocycles. The van der Waals surface area contributed by atoms with Crippen molar-refractivity contribution in [3.63, 3.8) is 0 Å². The molecule has 1 saturated heterocycles. The van der Waals surface area contributed by atoms with Crippen LogP contribution in [-0.4, -0.2) is 28.6 Å². The molecule has 1 unspecified atom stereocenters. The maximum atomic E-state index is 13.4. The molecule has 33 heavy (non-hydrogen) atoms. The molecule has 0 radical (unpaired) electrons. The topological polar surface area (TPSA) is 72.5 Å². The number of amides is 1. The lowest BCUT2D eigenvalue weighted by molar-refractivity contribution is -0.180. The highest BCUT2D eigenvalue weighted by molar-refractivity contribution is 9.09. The Kier molecular flexibility index (Phi) is 8.84. The van der Waals surface area contributed by atoms with Gasteiger partial charge in [0.05, 0.1) is 5.33 Å². The van der Waals surface area contributed by atoms with E-state index in [1.54, 1.807) is 6.07 Å².